The van der Waals surface area contributed by atoms with Crippen molar-refractivity contribution < 1.29 is 14.6 Å². The van der Waals surface area contributed by atoms with E-state index in [-0.39, 0.29) is 18.4 Å². The van der Waals surface area contributed by atoms with Crippen LogP contribution in [-0.4, -0.2) is 31.3 Å². The molecule has 0 aliphatic rings. The number of methoxy groups -OCH3 is 1. The standard InChI is InChI=1S/C17H23NO3/c1-14(13-21-2)10-17(20)18-12-16-8-5-7-15(11-16)6-3-4-9-19/h5,7-8,11,14,19H,4,9-10,12-13H2,1-2H3,(H,18,20). The molecule has 1 rings (SSSR count). The van der Waals surface area contributed by atoms with Crippen molar-refractivity contribution in [2.75, 3.05) is 20.3 Å². The van der Waals surface area contributed by atoms with Gasteiger partial charge in [-0.05, 0) is 23.6 Å². The Balaban J connectivity index is 2.47. The van der Waals surface area contributed by atoms with Gasteiger partial charge in [0.15, 0.2) is 0 Å². The Morgan fingerprint density at radius 2 is 2.29 bits per heavy atom. The first-order valence-electron chi connectivity index (χ1n) is 7.10. The van der Waals surface area contributed by atoms with Crippen LogP contribution in [0.25, 0.3) is 0 Å². The molecule has 4 nitrogen and oxygen atoms in total. The summed E-state index contributed by atoms with van der Waals surface area (Å²) in [5.41, 5.74) is 1.90. The van der Waals surface area contributed by atoms with Gasteiger partial charge in [-0.3, -0.25) is 4.79 Å². The lowest BCUT2D eigenvalue weighted by Crippen LogP contribution is -2.25. The van der Waals surface area contributed by atoms with Gasteiger partial charge in [0.25, 0.3) is 0 Å². The predicted octanol–water partition coefficient (Wildman–Crippen LogP) is 1.71. The van der Waals surface area contributed by atoms with Crippen molar-refractivity contribution in [2.24, 2.45) is 5.92 Å². The van der Waals surface area contributed by atoms with Crippen molar-refractivity contribution in [1.29, 1.82) is 0 Å². The SMILES string of the molecule is COCC(C)CC(=O)NCc1cccc(C#CCCO)c1. The average molecular weight is 289 g/mol. The fourth-order valence-electron chi connectivity index (χ4n) is 1.91. The van der Waals surface area contributed by atoms with Gasteiger partial charge in [-0.15, -0.1) is 0 Å². The maximum absolute atomic E-state index is 11.8. The van der Waals surface area contributed by atoms with Crippen molar-refractivity contribution >= 4 is 5.91 Å². The van der Waals surface area contributed by atoms with Crippen molar-refractivity contribution in [2.45, 2.75) is 26.3 Å². The summed E-state index contributed by atoms with van der Waals surface area (Å²) in [5, 5.41) is 11.6. The molecule has 1 amide bonds. The molecular formula is C17H23NO3. The minimum absolute atomic E-state index is 0.0244. The maximum Gasteiger partial charge on any atom is 0.220 e. The molecule has 0 aliphatic carbocycles. The molecule has 0 heterocycles. The minimum atomic E-state index is 0.0244. The lowest BCUT2D eigenvalue weighted by Gasteiger charge is -2.10. The number of hydrogen-bond donors (Lipinski definition) is 2. The Bertz CT molecular complexity index is 502. The zero-order valence-corrected chi connectivity index (χ0v) is 12.7. The second-order valence-corrected chi connectivity index (χ2v) is 5.02. The second-order valence-electron chi connectivity index (χ2n) is 5.02. The molecule has 1 atom stereocenters. The van der Waals surface area contributed by atoms with Crippen molar-refractivity contribution in [1.82, 2.24) is 5.32 Å². The molecule has 0 aromatic heterocycles. The van der Waals surface area contributed by atoms with Crippen LogP contribution in [0.1, 0.15) is 30.9 Å². The normalized spacial score (nSPS) is 11.4. The third-order valence-electron chi connectivity index (χ3n) is 2.87. The highest BCUT2D eigenvalue weighted by Gasteiger charge is 2.08. The topological polar surface area (TPSA) is 58.6 Å². The van der Waals surface area contributed by atoms with Crippen LogP contribution in [0.2, 0.25) is 0 Å². The van der Waals surface area contributed by atoms with Gasteiger partial charge in [0.1, 0.15) is 0 Å². The molecule has 0 spiro atoms. The molecule has 2 N–H and O–H groups in total. The number of ether oxygens (including phenoxy) is 1. The number of hydrogen-bond acceptors (Lipinski definition) is 3. The molecule has 0 aliphatic heterocycles. The van der Waals surface area contributed by atoms with Crippen LogP contribution >= 0.6 is 0 Å². The highest BCUT2D eigenvalue weighted by atomic mass is 16.5. The van der Waals surface area contributed by atoms with Crippen LogP contribution in [0.15, 0.2) is 24.3 Å². The molecule has 0 saturated carbocycles. The van der Waals surface area contributed by atoms with Gasteiger partial charge in [-0.1, -0.05) is 30.9 Å². The molecule has 1 unspecified atom stereocenters. The van der Waals surface area contributed by atoms with Gasteiger partial charge in [-0.25, -0.2) is 0 Å². The van der Waals surface area contributed by atoms with Crippen LogP contribution in [0.4, 0.5) is 0 Å². The van der Waals surface area contributed by atoms with Gasteiger partial charge in [0.05, 0.1) is 6.61 Å². The Morgan fingerprint density at radius 1 is 1.48 bits per heavy atom. The lowest BCUT2D eigenvalue weighted by molar-refractivity contribution is -0.122. The molecule has 4 heteroatoms. The molecule has 0 saturated heterocycles. The number of nitrogens with one attached hydrogen (secondary N) is 1. The van der Waals surface area contributed by atoms with E-state index in [1.54, 1.807) is 7.11 Å². The Hall–Kier alpha value is -1.83. The Kier molecular flexibility index (Phi) is 8.18. The van der Waals surface area contributed by atoms with E-state index in [1.807, 2.05) is 31.2 Å². The predicted molar refractivity (Wildman–Crippen MR) is 82.5 cm³/mol. The summed E-state index contributed by atoms with van der Waals surface area (Å²) in [5.74, 6) is 6.10. The van der Waals surface area contributed by atoms with Gasteiger partial charge >= 0.3 is 0 Å². The molecule has 1 aromatic carbocycles. The summed E-state index contributed by atoms with van der Waals surface area (Å²) in [4.78, 5) is 11.8. The number of amides is 1. The fraction of sp³-hybridized carbons (Fsp3) is 0.471. The third kappa shape index (κ3) is 7.50. The zero-order valence-electron chi connectivity index (χ0n) is 12.7. The highest BCUT2D eigenvalue weighted by Crippen LogP contribution is 2.05. The summed E-state index contributed by atoms with van der Waals surface area (Å²) < 4.78 is 5.02. The first kappa shape index (κ1) is 17.2. The van der Waals surface area contributed by atoms with E-state index >= 15 is 0 Å². The zero-order chi connectivity index (χ0) is 15.5. The summed E-state index contributed by atoms with van der Waals surface area (Å²) in [7, 11) is 1.64. The monoisotopic (exact) mass is 289 g/mol. The van der Waals surface area contributed by atoms with E-state index in [2.05, 4.69) is 17.2 Å². The molecular weight excluding hydrogens is 266 g/mol. The van der Waals surface area contributed by atoms with Crippen LogP contribution < -0.4 is 5.32 Å². The van der Waals surface area contributed by atoms with Crippen LogP contribution in [-0.2, 0) is 16.1 Å². The van der Waals surface area contributed by atoms with E-state index < -0.39 is 0 Å². The number of carbonyl (C=O) groups excluding carboxylic acids is 1. The summed E-state index contributed by atoms with van der Waals surface area (Å²) in [6, 6.07) is 7.73. The first-order chi connectivity index (χ1) is 10.2. The smallest absolute Gasteiger partial charge is 0.220 e. The Morgan fingerprint density at radius 3 is 3.00 bits per heavy atom. The van der Waals surface area contributed by atoms with Gasteiger partial charge in [-0.2, -0.15) is 0 Å². The number of aliphatic hydroxyl groups is 1. The molecule has 1 aromatic rings. The van der Waals surface area contributed by atoms with Crippen molar-refractivity contribution in [3.63, 3.8) is 0 Å². The second kappa shape index (κ2) is 9.98. The maximum atomic E-state index is 11.8. The van der Waals surface area contributed by atoms with E-state index in [0.717, 1.165) is 11.1 Å². The number of carbonyl (C=O) groups is 1. The number of rotatable bonds is 7. The van der Waals surface area contributed by atoms with E-state index in [1.165, 1.54) is 0 Å². The quantitative estimate of drug-likeness (QED) is 0.751. The number of aliphatic hydroxyl groups excluding tert-OH is 1. The summed E-state index contributed by atoms with van der Waals surface area (Å²) in [6.07, 6.45) is 0.933. The highest BCUT2D eigenvalue weighted by molar-refractivity contribution is 5.76. The first-order valence-corrected chi connectivity index (χ1v) is 7.10. The van der Waals surface area contributed by atoms with E-state index in [0.29, 0.717) is 26.0 Å². The average Bonchev–Trinajstić information content (AvgIpc) is 2.46. The van der Waals surface area contributed by atoms with Gasteiger partial charge in [0.2, 0.25) is 5.91 Å². The van der Waals surface area contributed by atoms with E-state index in [4.69, 9.17) is 9.84 Å². The van der Waals surface area contributed by atoms with Gasteiger partial charge in [0, 0.05) is 38.7 Å². The summed E-state index contributed by atoms with van der Waals surface area (Å²) in [6.45, 7) is 3.14. The Labute approximate surface area is 126 Å². The van der Waals surface area contributed by atoms with Crippen molar-refractivity contribution in [3.05, 3.63) is 35.4 Å². The lowest BCUT2D eigenvalue weighted by atomic mass is 10.1. The van der Waals surface area contributed by atoms with Crippen LogP contribution in [0.5, 0.6) is 0 Å². The molecule has 114 valence electrons. The van der Waals surface area contributed by atoms with Crippen LogP contribution in [0, 0.1) is 17.8 Å². The number of benzene rings is 1. The molecule has 0 radical (unpaired) electrons. The van der Waals surface area contributed by atoms with Crippen molar-refractivity contribution in [3.8, 4) is 11.8 Å². The largest absolute Gasteiger partial charge is 0.395 e. The van der Waals surface area contributed by atoms with E-state index in [9.17, 15) is 4.79 Å². The third-order valence-corrected chi connectivity index (χ3v) is 2.87. The fourth-order valence-corrected chi connectivity index (χ4v) is 1.91. The van der Waals surface area contributed by atoms with Gasteiger partial charge < -0.3 is 15.2 Å². The van der Waals surface area contributed by atoms with Crippen LogP contribution in [0.3, 0.4) is 0 Å². The molecule has 0 fully saturated rings. The molecule has 21 heavy (non-hydrogen) atoms. The summed E-state index contributed by atoms with van der Waals surface area (Å²) >= 11 is 0. The minimum Gasteiger partial charge on any atom is -0.395 e. The molecule has 0 bridgehead atoms.